The van der Waals surface area contributed by atoms with Gasteiger partial charge in [-0.05, 0) is 31.1 Å². The van der Waals surface area contributed by atoms with Gasteiger partial charge in [0.2, 0.25) is 0 Å². The first-order chi connectivity index (χ1) is 8.54. The summed E-state index contributed by atoms with van der Waals surface area (Å²) in [6.45, 7) is 10.1. The van der Waals surface area contributed by atoms with Crippen molar-refractivity contribution in [1.29, 1.82) is 0 Å². The molecule has 0 radical (unpaired) electrons. The number of nitrogens with one attached hydrogen (secondary N) is 1. The monoisotopic (exact) mass is 266 g/mol. The van der Waals surface area contributed by atoms with Crippen molar-refractivity contribution in [1.82, 2.24) is 10.3 Å². The summed E-state index contributed by atoms with van der Waals surface area (Å²) in [5.74, 6) is 1.39. The van der Waals surface area contributed by atoms with Crippen LogP contribution in [0, 0.1) is 11.8 Å². The van der Waals surface area contributed by atoms with Crippen molar-refractivity contribution >= 4 is 11.3 Å². The van der Waals surface area contributed by atoms with Crippen LogP contribution < -0.4 is 5.32 Å². The predicted octanol–water partition coefficient (Wildman–Crippen LogP) is 3.79. The lowest BCUT2D eigenvalue weighted by Gasteiger charge is -2.05. The Kier molecular flexibility index (Phi) is 4.79. The van der Waals surface area contributed by atoms with E-state index in [1.807, 2.05) is 11.3 Å². The molecule has 1 saturated carbocycles. The van der Waals surface area contributed by atoms with E-state index in [0.717, 1.165) is 25.4 Å². The number of hydrogen-bond acceptors (Lipinski definition) is 3. The quantitative estimate of drug-likeness (QED) is 0.812. The van der Waals surface area contributed by atoms with Gasteiger partial charge in [0.1, 0.15) is 0 Å². The van der Waals surface area contributed by atoms with E-state index in [4.69, 9.17) is 4.98 Å². The maximum atomic E-state index is 4.87. The highest BCUT2D eigenvalue weighted by Crippen LogP contribution is 2.25. The van der Waals surface area contributed by atoms with E-state index < -0.39 is 0 Å². The zero-order chi connectivity index (χ0) is 13.1. The smallest absolute Gasteiger partial charge is 0.0934 e. The number of thiazole rings is 1. The standard InChI is InChI=1S/C15H26N2S/c1-10(2)7-13-14(9-16-12-5-6-12)18-15(17-13)8-11(3)4/h10-12,16H,5-9H2,1-4H3. The molecule has 1 aromatic rings. The molecule has 2 rings (SSSR count). The molecule has 0 aromatic carbocycles. The second-order valence-electron chi connectivity index (χ2n) is 6.33. The summed E-state index contributed by atoms with van der Waals surface area (Å²) in [7, 11) is 0. The molecule has 0 amide bonds. The fourth-order valence-electron chi connectivity index (χ4n) is 2.08. The molecule has 1 aromatic heterocycles. The van der Waals surface area contributed by atoms with E-state index in [2.05, 4.69) is 33.0 Å². The third-order valence-electron chi connectivity index (χ3n) is 3.14. The van der Waals surface area contributed by atoms with E-state index in [1.165, 1.54) is 28.4 Å². The van der Waals surface area contributed by atoms with E-state index in [0.29, 0.717) is 11.8 Å². The van der Waals surface area contributed by atoms with Crippen LogP contribution in [0.15, 0.2) is 0 Å². The molecule has 0 saturated heterocycles. The molecule has 0 atom stereocenters. The Morgan fingerprint density at radius 2 is 1.83 bits per heavy atom. The van der Waals surface area contributed by atoms with Crippen molar-refractivity contribution in [2.75, 3.05) is 0 Å². The molecule has 1 heterocycles. The normalized spacial score (nSPS) is 15.9. The van der Waals surface area contributed by atoms with E-state index in [-0.39, 0.29) is 0 Å². The Balaban J connectivity index is 2.03. The largest absolute Gasteiger partial charge is 0.309 e. The number of aromatic nitrogens is 1. The molecule has 0 spiro atoms. The first-order valence-electron chi connectivity index (χ1n) is 7.25. The van der Waals surface area contributed by atoms with Crippen LogP contribution >= 0.6 is 11.3 Å². The minimum Gasteiger partial charge on any atom is -0.309 e. The highest BCUT2D eigenvalue weighted by Gasteiger charge is 2.21. The SMILES string of the molecule is CC(C)Cc1nc(CC(C)C)c(CNC2CC2)s1. The molecule has 1 fully saturated rings. The Hall–Kier alpha value is -0.410. The van der Waals surface area contributed by atoms with E-state index in [1.54, 1.807) is 0 Å². The first kappa shape index (κ1) is 14.0. The zero-order valence-corrected chi connectivity index (χ0v) is 12.9. The van der Waals surface area contributed by atoms with Gasteiger partial charge in [0.15, 0.2) is 0 Å². The lowest BCUT2D eigenvalue weighted by molar-refractivity contribution is 0.614. The van der Waals surface area contributed by atoms with Crippen LogP contribution in [0.2, 0.25) is 0 Å². The predicted molar refractivity (Wildman–Crippen MR) is 79.1 cm³/mol. The van der Waals surface area contributed by atoms with Gasteiger partial charge in [0.05, 0.1) is 10.7 Å². The lowest BCUT2D eigenvalue weighted by atomic mass is 10.1. The molecule has 1 aliphatic rings. The Labute approximate surface area is 115 Å². The van der Waals surface area contributed by atoms with Crippen LogP contribution in [-0.4, -0.2) is 11.0 Å². The average Bonchev–Trinajstić information content (AvgIpc) is 2.99. The highest BCUT2D eigenvalue weighted by molar-refractivity contribution is 7.11. The van der Waals surface area contributed by atoms with Gasteiger partial charge in [-0.15, -0.1) is 11.3 Å². The van der Waals surface area contributed by atoms with Crippen LogP contribution in [0.25, 0.3) is 0 Å². The van der Waals surface area contributed by atoms with Crippen LogP contribution in [0.3, 0.4) is 0 Å². The van der Waals surface area contributed by atoms with Crippen LogP contribution in [0.1, 0.15) is 56.1 Å². The van der Waals surface area contributed by atoms with Gasteiger partial charge in [-0.25, -0.2) is 4.98 Å². The maximum Gasteiger partial charge on any atom is 0.0934 e. The van der Waals surface area contributed by atoms with Crippen molar-refractivity contribution in [2.45, 2.75) is 66.0 Å². The van der Waals surface area contributed by atoms with Crippen LogP contribution in [0.5, 0.6) is 0 Å². The van der Waals surface area contributed by atoms with Crippen LogP contribution in [0.4, 0.5) is 0 Å². The molecule has 0 aliphatic heterocycles. The summed E-state index contributed by atoms with van der Waals surface area (Å²) in [4.78, 5) is 6.35. The summed E-state index contributed by atoms with van der Waals surface area (Å²) < 4.78 is 0. The topological polar surface area (TPSA) is 24.9 Å². The summed E-state index contributed by atoms with van der Waals surface area (Å²) in [6.07, 6.45) is 4.96. The number of rotatable bonds is 7. The second-order valence-corrected chi connectivity index (χ2v) is 7.50. The van der Waals surface area contributed by atoms with Gasteiger partial charge in [-0.1, -0.05) is 27.7 Å². The molecule has 1 aliphatic carbocycles. The minimum atomic E-state index is 0.693. The number of hydrogen-bond donors (Lipinski definition) is 1. The lowest BCUT2D eigenvalue weighted by Crippen LogP contribution is -2.15. The number of nitrogens with zero attached hydrogens (tertiary/aromatic N) is 1. The van der Waals surface area contributed by atoms with Crippen molar-refractivity contribution < 1.29 is 0 Å². The summed E-state index contributed by atoms with van der Waals surface area (Å²) in [5, 5.41) is 4.95. The summed E-state index contributed by atoms with van der Waals surface area (Å²) in [5.41, 5.74) is 1.35. The van der Waals surface area contributed by atoms with Gasteiger partial charge in [0, 0.05) is 23.9 Å². The Bertz CT molecular complexity index is 378. The molecule has 18 heavy (non-hydrogen) atoms. The molecule has 102 valence electrons. The first-order valence-corrected chi connectivity index (χ1v) is 8.07. The third kappa shape index (κ3) is 4.36. The molecule has 2 nitrogen and oxygen atoms in total. The average molecular weight is 266 g/mol. The Morgan fingerprint density at radius 3 is 2.39 bits per heavy atom. The van der Waals surface area contributed by atoms with E-state index >= 15 is 0 Å². The summed E-state index contributed by atoms with van der Waals surface area (Å²) >= 11 is 1.93. The molecular formula is C15H26N2S. The molecular weight excluding hydrogens is 240 g/mol. The van der Waals surface area contributed by atoms with Crippen molar-refractivity contribution in [3.8, 4) is 0 Å². The summed E-state index contributed by atoms with van der Waals surface area (Å²) in [6, 6.07) is 0.785. The van der Waals surface area contributed by atoms with Gasteiger partial charge in [0.25, 0.3) is 0 Å². The fourth-order valence-corrected chi connectivity index (χ4v) is 3.34. The van der Waals surface area contributed by atoms with Crippen molar-refractivity contribution in [2.24, 2.45) is 11.8 Å². The zero-order valence-electron chi connectivity index (χ0n) is 12.1. The maximum absolute atomic E-state index is 4.87. The van der Waals surface area contributed by atoms with Crippen molar-refractivity contribution in [3.05, 3.63) is 15.6 Å². The molecule has 1 N–H and O–H groups in total. The third-order valence-corrected chi connectivity index (χ3v) is 4.26. The molecule has 3 heteroatoms. The van der Waals surface area contributed by atoms with Crippen LogP contribution in [-0.2, 0) is 19.4 Å². The second kappa shape index (κ2) is 6.16. The van der Waals surface area contributed by atoms with E-state index in [9.17, 15) is 0 Å². The highest BCUT2D eigenvalue weighted by atomic mass is 32.1. The van der Waals surface area contributed by atoms with Gasteiger partial charge in [-0.2, -0.15) is 0 Å². The molecule has 0 bridgehead atoms. The van der Waals surface area contributed by atoms with Crippen molar-refractivity contribution in [3.63, 3.8) is 0 Å². The van der Waals surface area contributed by atoms with Gasteiger partial charge < -0.3 is 5.32 Å². The van der Waals surface area contributed by atoms with Gasteiger partial charge in [-0.3, -0.25) is 0 Å². The van der Waals surface area contributed by atoms with Gasteiger partial charge >= 0.3 is 0 Å². The molecule has 0 unspecified atom stereocenters. The Morgan fingerprint density at radius 1 is 1.17 bits per heavy atom. The fraction of sp³-hybridized carbons (Fsp3) is 0.800. The minimum absolute atomic E-state index is 0.693.